The first-order valence-corrected chi connectivity index (χ1v) is 10.9. The molecule has 0 fully saturated rings. The fourth-order valence-electron chi connectivity index (χ4n) is 2.68. The maximum Gasteiger partial charge on any atom is 0.350 e. The summed E-state index contributed by atoms with van der Waals surface area (Å²) in [6.45, 7) is 3.99. The van der Waals surface area contributed by atoms with Crippen molar-refractivity contribution in [2.24, 2.45) is 0 Å². The van der Waals surface area contributed by atoms with Crippen molar-refractivity contribution >= 4 is 57.2 Å². The van der Waals surface area contributed by atoms with E-state index in [1.807, 2.05) is 25.1 Å². The average molecular weight is 416 g/mol. The van der Waals surface area contributed by atoms with E-state index in [2.05, 4.69) is 38.3 Å². The number of fused-ring (bicyclic) bond motifs is 1. The Morgan fingerprint density at radius 3 is 3.00 bits per heavy atom. The highest BCUT2D eigenvalue weighted by Crippen LogP contribution is 2.34. The van der Waals surface area contributed by atoms with Crippen LogP contribution < -0.4 is 4.72 Å². The van der Waals surface area contributed by atoms with Crippen LogP contribution in [0.15, 0.2) is 46.0 Å². The van der Waals surface area contributed by atoms with E-state index in [4.69, 9.17) is 4.74 Å². The first kappa shape index (κ1) is 18.1. The van der Waals surface area contributed by atoms with Crippen molar-refractivity contribution in [2.45, 2.75) is 18.1 Å². The van der Waals surface area contributed by atoms with Gasteiger partial charge in [-0.25, -0.2) is 9.78 Å². The van der Waals surface area contributed by atoms with Gasteiger partial charge in [-0.05, 0) is 49.4 Å². The molecule has 0 aliphatic rings. The molecule has 27 heavy (non-hydrogen) atoms. The van der Waals surface area contributed by atoms with Crippen LogP contribution in [0.5, 0.6) is 0 Å². The number of para-hydroxylation sites is 1. The van der Waals surface area contributed by atoms with Crippen LogP contribution in [0, 0.1) is 6.92 Å². The average Bonchev–Trinajstić information content (AvgIpc) is 3.39. The second-order valence-electron chi connectivity index (χ2n) is 5.74. The number of aryl methyl sites for hydroxylation is 1. The van der Waals surface area contributed by atoms with Gasteiger partial charge in [0.15, 0.2) is 0 Å². The van der Waals surface area contributed by atoms with Crippen molar-refractivity contribution < 1.29 is 9.53 Å². The molecule has 0 saturated carbocycles. The number of thiazole rings is 1. The maximum atomic E-state index is 12.1. The van der Waals surface area contributed by atoms with Gasteiger partial charge in [-0.3, -0.25) is 0 Å². The van der Waals surface area contributed by atoms with Crippen LogP contribution in [-0.4, -0.2) is 22.5 Å². The van der Waals surface area contributed by atoms with Gasteiger partial charge < -0.3 is 14.4 Å². The summed E-state index contributed by atoms with van der Waals surface area (Å²) in [4.78, 5) is 20.6. The van der Waals surface area contributed by atoms with E-state index >= 15 is 0 Å². The number of rotatable bonds is 6. The third-order valence-electron chi connectivity index (χ3n) is 3.90. The number of anilines is 1. The molecule has 3 heterocycles. The molecule has 0 saturated heterocycles. The summed E-state index contributed by atoms with van der Waals surface area (Å²) in [5.41, 5.74) is 3.61. The second-order valence-corrected chi connectivity index (χ2v) is 8.80. The Balaban J connectivity index is 1.65. The van der Waals surface area contributed by atoms with Crippen molar-refractivity contribution in [1.82, 2.24) is 9.97 Å². The Kier molecular flexibility index (Phi) is 5.20. The van der Waals surface area contributed by atoms with Crippen LogP contribution in [0.2, 0.25) is 0 Å². The number of hydrogen-bond donors (Lipinski definition) is 2. The van der Waals surface area contributed by atoms with Gasteiger partial charge in [0.2, 0.25) is 0 Å². The predicted molar refractivity (Wildman–Crippen MR) is 114 cm³/mol. The Bertz CT molecular complexity index is 1080. The molecule has 3 aromatic heterocycles. The molecule has 4 aromatic rings. The van der Waals surface area contributed by atoms with E-state index in [1.165, 1.54) is 15.5 Å². The number of benzene rings is 1. The number of aromatic nitrogens is 2. The van der Waals surface area contributed by atoms with Crippen LogP contribution in [0.25, 0.3) is 21.6 Å². The quantitative estimate of drug-likeness (QED) is 0.300. The highest BCUT2D eigenvalue weighted by molar-refractivity contribution is 8.02. The minimum Gasteiger partial charge on any atom is -0.462 e. The molecule has 0 aliphatic carbocycles. The molecular formula is C19H17N3O2S3. The lowest BCUT2D eigenvalue weighted by Crippen LogP contribution is -2.03. The molecule has 0 amide bonds. The highest BCUT2D eigenvalue weighted by atomic mass is 32.2. The van der Waals surface area contributed by atoms with Gasteiger partial charge in [-0.1, -0.05) is 18.2 Å². The number of carbonyl (C=O) groups excluding carboxylic acids is 1. The van der Waals surface area contributed by atoms with Crippen molar-refractivity contribution in [3.8, 4) is 10.7 Å². The fraction of sp³-hybridized carbons (Fsp3) is 0.158. The van der Waals surface area contributed by atoms with Crippen molar-refractivity contribution in [2.75, 3.05) is 11.3 Å². The second kappa shape index (κ2) is 7.75. The molecule has 0 unspecified atom stereocenters. The Hall–Kier alpha value is -2.29. The van der Waals surface area contributed by atoms with Gasteiger partial charge in [0.25, 0.3) is 0 Å². The molecule has 138 valence electrons. The number of thiophene rings is 1. The van der Waals surface area contributed by atoms with E-state index in [1.54, 1.807) is 30.2 Å². The lowest BCUT2D eigenvalue weighted by atomic mass is 10.2. The zero-order chi connectivity index (χ0) is 18.8. The third kappa shape index (κ3) is 3.73. The summed E-state index contributed by atoms with van der Waals surface area (Å²) >= 11 is 4.64. The summed E-state index contributed by atoms with van der Waals surface area (Å²) in [6, 6.07) is 12.3. The normalized spacial score (nSPS) is 11.0. The minimum atomic E-state index is -0.315. The molecular weight excluding hydrogens is 398 g/mol. The molecule has 2 N–H and O–H groups in total. The van der Waals surface area contributed by atoms with Crippen LogP contribution in [0.4, 0.5) is 5.69 Å². The monoisotopic (exact) mass is 415 g/mol. The molecule has 8 heteroatoms. The number of nitrogens with zero attached hydrogens (tertiary/aromatic N) is 1. The lowest BCUT2D eigenvalue weighted by molar-refractivity contribution is 0.0531. The summed E-state index contributed by atoms with van der Waals surface area (Å²) in [5, 5.41) is 3.93. The summed E-state index contributed by atoms with van der Waals surface area (Å²) < 4.78 is 9.73. The smallest absolute Gasteiger partial charge is 0.350 e. The number of carbonyl (C=O) groups is 1. The molecule has 5 nitrogen and oxygen atoms in total. The Morgan fingerprint density at radius 1 is 1.33 bits per heavy atom. The summed E-state index contributed by atoms with van der Waals surface area (Å²) in [6.07, 6.45) is 0. The van der Waals surface area contributed by atoms with E-state index in [9.17, 15) is 4.79 Å². The van der Waals surface area contributed by atoms with Crippen LogP contribution >= 0.6 is 34.6 Å². The number of nitrogens with one attached hydrogen (secondary N) is 2. The fourth-order valence-corrected chi connectivity index (χ4v) is 5.07. The zero-order valence-corrected chi connectivity index (χ0v) is 17.2. The molecule has 4 rings (SSSR count). The molecule has 0 spiro atoms. The van der Waals surface area contributed by atoms with Gasteiger partial charge in [0, 0.05) is 5.39 Å². The van der Waals surface area contributed by atoms with Gasteiger partial charge in [-0.2, -0.15) is 0 Å². The van der Waals surface area contributed by atoms with E-state index < -0.39 is 0 Å². The molecule has 0 atom stereocenters. The van der Waals surface area contributed by atoms with Crippen molar-refractivity contribution in [1.29, 1.82) is 0 Å². The lowest BCUT2D eigenvalue weighted by Gasteiger charge is -2.04. The topological polar surface area (TPSA) is 67.0 Å². The van der Waals surface area contributed by atoms with Gasteiger partial charge >= 0.3 is 5.97 Å². The molecule has 1 aromatic carbocycles. The summed E-state index contributed by atoms with van der Waals surface area (Å²) in [5.74, 6) is -0.315. The van der Waals surface area contributed by atoms with Crippen LogP contribution in [0.1, 0.15) is 22.3 Å². The third-order valence-corrected chi connectivity index (χ3v) is 6.93. The largest absolute Gasteiger partial charge is 0.462 e. The minimum absolute atomic E-state index is 0.315. The number of H-pyrrole nitrogens is 1. The number of esters is 1. The van der Waals surface area contributed by atoms with Crippen LogP contribution in [0.3, 0.4) is 0 Å². The van der Waals surface area contributed by atoms with Crippen LogP contribution in [-0.2, 0) is 4.74 Å². The highest BCUT2D eigenvalue weighted by Gasteiger charge is 2.18. The van der Waals surface area contributed by atoms with Gasteiger partial charge in [-0.15, -0.1) is 22.7 Å². The predicted octanol–water partition coefficient (Wildman–Crippen LogP) is 5.96. The van der Waals surface area contributed by atoms with Crippen molar-refractivity contribution in [3.05, 3.63) is 52.3 Å². The number of aromatic amines is 1. The zero-order valence-electron chi connectivity index (χ0n) is 14.7. The number of hydrogen-bond acceptors (Lipinski definition) is 7. The Labute approximate surface area is 168 Å². The van der Waals surface area contributed by atoms with E-state index in [0.717, 1.165) is 27.3 Å². The number of ether oxygens (including phenoxy) is 1. The van der Waals surface area contributed by atoms with Gasteiger partial charge in [0.05, 0.1) is 33.4 Å². The van der Waals surface area contributed by atoms with Gasteiger partial charge in [0.1, 0.15) is 9.88 Å². The van der Waals surface area contributed by atoms with Crippen molar-refractivity contribution in [3.63, 3.8) is 0 Å². The van der Waals surface area contributed by atoms with E-state index in [-0.39, 0.29) is 5.97 Å². The standard InChI is InChI=1S/C19H17N3O2S3/c1-3-24-19(23)17-11(2)20-18(26-17)14-10-12-6-4-7-13(16(12)21-14)22-27-15-8-5-9-25-15/h4-10,21-22H,3H2,1-2H3. The molecule has 0 aliphatic heterocycles. The first-order valence-electron chi connectivity index (χ1n) is 8.38. The maximum absolute atomic E-state index is 12.1. The summed E-state index contributed by atoms with van der Waals surface area (Å²) in [7, 11) is 0. The SMILES string of the molecule is CCOC(=O)c1sc(-c2cc3cccc(NSc4cccs4)c3[nH]2)nc1C. The Morgan fingerprint density at radius 2 is 2.22 bits per heavy atom. The molecule has 0 radical (unpaired) electrons. The van der Waals surface area contributed by atoms with E-state index in [0.29, 0.717) is 17.2 Å². The molecule has 0 bridgehead atoms. The first-order chi connectivity index (χ1) is 13.2.